The summed E-state index contributed by atoms with van der Waals surface area (Å²) in [6, 6.07) is 8.10. The van der Waals surface area contributed by atoms with Crippen molar-refractivity contribution in [2.45, 2.75) is 51.0 Å². The lowest BCUT2D eigenvalue weighted by Crippen LogP contribution is -2.34. The number of aromatic nitrogens is 5. The lowest BCUT2D eigenvalue weighted by molar-refractivity contribution is 0.194. The molecule has 1 aliphatic heterocycles. The molecule has 0 radical (unpaired) electrons. The molecule has 5 rings (SSSR count). The highest BCUT2D eigenvalue weighted by atomic mass is 15.2. The maximum Gasteiger partial charge on any atom is 0.155 e. The number of aromatic amines is 1. The van der Waals surface area contributed by atoms with Gasteiger partial charge in [-0.3, -0.25) is 10.00 Å². The summed E-state index contributed by atoms with van der Waals surface area (Å²) in [5.74, 6) is 3.14. The molecule has 3 aromatic rings. The lowest BCUT2D eigenvalue weighted by Gasteiger charge is -2.31. The van der Waals surface area contributed by atoms with Crippen LogP contribution in [-0.2, 0) is 6.54 Å². The van der Waals surface area contributed by atoms with Gasteiger partial charge in [0.05, 0.1) is 22.4 Å². The van der Waals surface area contributed by atoms with Crippen molar-refractivity contribution >= 4 is 11.0 Å². The molecule has 3 heterocycles. The first-order valence-corrected chi connectivity index (χ1v) is 9.63. The van der Waals surface area contributed by atoms with E-state index in [9.17, 15) is 0 Å². The van der Waals surface area contributed by atoms with E-state index in [1.807, 2.05) is 24.3 Å². The van der Waals surface area contributed by atoms with Gasteiger partial charge >= 0.3 is 0 Å². The minimum Gasteiger partial charge on any atom is -0.297 e. The van der Waals surface area contributed by atoms with Crippen molar-refractivity contribution < 1.29 is 0 Å². The Morgan fingerprint density at radius 3 is 2.65 bits per heavy atom. The molecule has 1 aliphatic carbocycles. The first kappa shape index (κ1) is 15.9. The zero-order valence-electron chi connectivity index (χ0n) is 15.1. The Morgan fingerprint density at radius 1 is 1.04 bits per heavy atom. The third-order valence-electron chi connectivity index (χ3n) is 5.57. The number of fused-ring (bicyclic) bond motifs is 1. The van der Waals surface area contributed by atoms with Gasteiger partial charge in [0.2, 0.25) is 0 Å². The van der Waals surface area contributed by atoms with Gasteiger partial charge in [-0.1, -0.05) is 12.1 Å². The van der Waals surface area contributed by atoms with E-state index in [1.54, 1.807) is 0 Å². The summed E-state index contributed by atoms with van der Waals surface area (Å²) < 4.78 is 0. The number of rotatable bonds is 4. The molecule has 2 fully saturated rings. The zero-order chi connectivity index (χ0) is 17.5. The summed E-state index contributed by atoms with van der Waals surface area (Å²) in [5, 5.41) is 7.67. The molecule has 6 heteroatoms. The van der Waals surface area contributed by atoms with Crippen LogP contribution >= 0.6 is 0 Å². The topological polar surface area (TPSA) is 70.6 Å². The van der Waals surface area contributed by atoms with Crippen LogP contribution < -0.4 is 0 Å². The number of hydrogen-bond acceptors (Lipinski definition) is 5. The van der Waals surface area contributed by atoms with Gasteiger partial charge in [0, 0.05) is 24.9 Å². The fraction of sp³-hybridized carbons (Fsp3) is 0.500. The molecule has 1 unspecified atom stereocenters. The minimum absolute atomic E-state index is 0.418. The molecule has 2 aliphatic rings. The van der Waals surface area contributed by atoms with Gasteiger partial charge in [-0.25, -0.2) is 15.0 Å². The number of H-pyrrole nitrogens is 1. The number of aryl methyl sites for hydroxylation is 1. The highest BCUT2D eigenvalue weighted by molar-refractivity contribution is 5.74. The predicted octanol–water partition coefficient (Wildman–Crippen LogP) is 3.31. The van der Waals surface area contributed by atoms with Crippen molar-refractivity contribution in [2.75, 3.05) is 13.1 Å². The van der Waals surface area contributed by atoms with E-state index < -0.39 is 0 Å². The van der Waals surface area contributed by atoms with E-state index >= 15 is 0 Å². The fourth-order valence-electron chi connectivity index (χ4n) is 3.91. The van der Waals surface area contributed by atoms with E-state index in [-0.39, 0.29) is 0 Å². The molecular formula is C20H24N6. The monoisotopic (exact) mass is 348 g/mol. The third kappa shape index (κ3) is 3.09. The fourth-order valence-corrected chi connectivity index (χ4v) is 3.91. The number of para-hydroxylation sites is 2. The number of nitrogens with one attached hydrogen (secondary N) is 1. The van der Waals surface area contributed by atoms with E-state index in [1.165, 1.54) is 25.7 Å². The van der Waals surface area contributed by atoms with E-state index in [4.69, 9.17) is 15.0 Å². The third-order valence-corrected chi connectivity index (χ3v) is 5.57. The Hall–Kier alpha value is -2.34. The van der Waals surface area contributed by atoms with Gasteiger partial charge in [-0.2, -0.15) is 5.10 Å². The van der Waals surface area contributed by atoms with Crippen LogP contribution in [0.1, 0.15) is 60.6 Å². The highest BCUT2D eigenvalue weighted by Gasteiger charge is 2.30. The Morgan fingerprint density at radius 2 is 1.85 bits per heavy atom. The molecule has 1 atom stereocenters. The van der Waals surface area contributed by atoms with Gasteiger partial charge in [-0.05, 0) is 51.3 Å². The maximum atomic E-state index is 4.86. The molecule has 1 aromatic carbocycles. The molecule has 6 nitrogen and oxygen atoms in total. The van der Waals surface area contributed by atoms with Gasteiger partial charge in [-0.15, -0.1) is 0 Å². The summed E-state index contributed by atoms with van der Waals surface area (Å²) in [4.78, 5) is 16.8. The van der Waals surface area contributed by atoms with Crippen LogP contribution in [0.5, 0.6) is 0 Å². The van der Waals surface area contributed by atoms with Crippen molar-refractivity contribution in [3.05, 3.63) is 47.3 Å². The second-order valence-electron chi connectivity index (χ2n) is 7.67. The largest absolute Gasteiger partial charge is 0.297 e. The molecule has 1 saturated heterocycles. The van der Waals surface area contributed by atoms with Crippen LogP contribution in [0.15, 0.2) is 24.3 Å². The molecule has 0 amide bonds. The molecule has 0 spiro atoms. The molecule has 2 aromatic heterocycles. The number of benzene rings is 1. The zero-order valence-corrected chi connectivity index (χ0v) is 15.1. The predicted molar refractivity (Wildman–Crippen MR) is 99.9 cm³/mol. The average Bonchev–Trinajstić information content (AvgIpc) is 3.39. The van der Waals surface area contributed by atoms with Crippen molar-refractivity contribution in [1.82, 2.24) is 30.0 Å². The SMILES string of the molecule is Cc1nc2ccccc2nc1CN1CCCC(c2n[nH]c(C3CC3)n2)C1. The average molecular weight is 348 g/mol. The van der Waals surface area contributed by atoms with Gasteiger partial charge in [0.15, 0.2) is 5.82 Å². The number of likely N-dealkylation sites (tertiary alicyclic amines) is 1. The van der Waals surface area contributed by atoms with Crippen LogP contribution in [-0.4, -0.2) is 43.1 Å². The summed E-state index contributed by atoms with van der Waals surface area (Å²) in [6.07, 6.45) is 4.86. The van der Waals surface area contributed by atoms with Gasteiger partial charge in [0.25, 0.3) is 0 Å². The van der Waals surface area contributed by atoms with Crippen LogP contribution in [0.3, 0.4) is 0 Å². The second kappa shape index (κ2) is 6.43. The van der Waals surface area contributed by atoms with Crippen molar-refractivity contribution in [2.24, 2.45) is 0 Å². The molecule has 0 bridgehead atoms. The maximum absolute atomic E-state index is 4.86. The molecular weight excluding hydrogens is 324 g/mol. The molecule has 26 heavy (non-hydrogen) atoms. The number of hydrogen-bond donors (Lipinski definition) is 1. The Kier molecular flexibility index (Phi) is 3.93. The minimum atomic E-state index is 0.418. The van der Waals surface area contributed by atoms with Crippen molar-refractivity contribution in [3.8, 4) is 0 Å². The Balaban J connectivity index is 1.32. The van der Waals surface area contributed by atoms with Crippen molar-refractivity contribution in [1.29, 1.82) is 0 Å². The summed E-state index contributed by atoms with van der Waals surface area (Å²) in [7, 11) is 0. The van der Waals surface area contributed by atoms with Gasteiger partial charge in [0.1, 0.15) is 5.82 Å². The first-order valence-electron chi connectivity index (χ1n) is 9.63. The van der Waals surface area contributed by atoms with E-state index in [2.05, 4.69) is 22.0 Å². The van der Waals surface area contributed by atoms with E-state index in [0.29, 0.717) is 11.8 Å². The van der Waals surface area contributed by atoms with Gasteiger partial charge < -0.3 is 0 Å². The summed E-state index contributed by atoms with van der Waals surface area (Å²) in [6.45, 7) is 5.01. The molecule has 1 saturated carbocycles. The summed E-state index contributed by atoms with van der Waals surface area (Å²) in [5.41, 5.74) is 4.06. The quantitative estimate of drug-likeness (QED) is 0.783. The normalized spacial score (nSPS) is 21.3. The Labute approximate surface area is 153 Å². The van der Waals surface area contributed by atoms with E-state index in [0.717, 1.165) is 53.7 Å². The second-order valence-corrected chi connectivity index (χ2v) is 7.67. The van der Waals surface area contributed by atoms with Crippen molar-refractivity contribution in [3.63, 3.8) is 0 Å². The van der Waals surface area contributed by atoms with Crippen LogP contribution in [0.2, 0.25) is 0 Å². The molecule has 1 N–H and O–H groups in total. The standard InChI is InChI=1S/C20H24N6/c1-13-18(22-17-7-3-2-6-16(17)21-13)12-26-10-4-5-15(11-26)20-23-19(24-25-20)14-8-9-14/h2-3,6-7,14-15H,4-5,8-12H2,1H3,(H,23,24,25). The summed E-state index contributed by atoms with van der Waals surface area (Å²) >= 11 is 0. The lowest BCUT2D eigenvalue weighted by atomic mass is 9.97. The number of piperidine rings is 1. The molecule has 134 valence electrons. The number of nitrogens with zero attached hydrogens (tertiary/aromatic N) is 5. The van der Waals surface area contributed by atoms with Crippen LogP contribution in [0.4, 0.5) is 0 Å². The Bertz CT molecular complexity index is 929. The van der Waals surface area contributed by atoms with Crippen LogP contribution in [0, 0.1) is 6.92 Å². The highest BCUT2D eigenvalue weighted by Crippen LogP contribution is 2.38. The smallest absolute Gasteiger partial charge is 0.155 e. The first-order chi connectivity index (χ1) is 12.8. The van der Waals surface area contributed by atoms with Crippen LogP contribution in [0.25, 0.3) is 11.0 Å².